The normalized spacial score (nSPS) is 23.5. The molecule has 0 bridgehead atoms. The Bertz CT molecular complexity index is 980. The van der Waals surface area contributed by atoms with Crippen LogP contribution < -0.4 is 4.74 Å². The van der Waals surface area contributed by atoms with Gasteiger partial charge in [-0.2, -0.15) is 23.0 Å². The molecule has 2 heterocycles. The number of aromatic carboxylic acids is 1. The van der Waals surface area contributed by atoms with Gasteiger partial charge in [-0.3, -0.25) is 0 Å². The van der Waals surface area contributed by atoms with Gasteiger partial charge in [0.05, 0.1) is 11.7 Å². The van der Waals surface area contributed by atoms with E-state index in [9.17, 15) is 22.8 Å². The van der Waals surface area contributed by atoms with E-state index in [1.165, 1.54) is 24.4 Å². The summed E-state index contributed by atoms with van der Waals surface area (Å²) in [5, 5.41) is 12.8. The molecule has 2 atom stereocenters. The summed E-state index contributed by atoms with van der Waals surface area (Å²) in [6, 6.07) is 4.07. The molecule has 2 fully saturated rings. The summed E-state index contributed by atoms with van der Waals surface area (Å²) in [5.74, 6) is -1.34. The van der Waals surface area contributed by atoms with Crippen LogP contribution in [-0.2, 0) is 6.18 Å². The third-order valence-corrected chi connectivity index (χ3v) is 5.76. The summed E-state index contributed by atoms with van der Waals surface area (Å²) in [7, 11) is 0. The molecule has 160 valence electrons. The van der Waals surface area contributed by atoms with Gasteiger partial charge in [0, 0.05) is 24.3 Å². The largest absolute Gasteiger partial charge is 0.490 e. The van der Waals surface area contributed by atoms with Crippen molar-refractivity contribution in [2.24, 2.45) is 11.8 Å². The van der Waals surface area contributed by atoms with Crippen molar-refractivity contribution < 1.29 is 32.6 Å². The number of alkyl halides is 3. The van der Waals surface area contributed by atoms with Gasteiger partial charge in [-0.15, -0.1) is 0 Å². The van der Waals surface area contributed by atoms with Crippen LogP contribution >= 0.6 is 11.6 Å². The molecule has 4 rings (SSSR count). The Labute approximate surface area is 174 Å². The lowest BCUT2D eigenvalue weighted by atomic mass is 10.0. The van der Waals surface area contributed by atoms with Crippen LogP contribution in [0.3, 0.4) is 0 Å². The zero-order valence-corrected chi connectivity index (χ0v) is 16.2. The van der Waals surface area contributed by atoms with E-state index < -0.39 is 29.8 Å². The van der Waals surface area contributed by atoms with Crippen LogP contribution in [-0.4, -0.2) is 51.0 Å². The van der Waals surface area contributed by atoms with Gasteiger partial charge in [0.2, 0.25) is 0 Å². The molecule has 1 aliphatic carbocycles. The molecule has 0 spiro atoms. The van der Waals surface area contributed by atoms with E-state index in [1.807, 2.05) is 0 Å². The van der Waals surface area contributed by atoms with E-state index in [4.69, 9.17) is 21.4 Å². The van der Waals surface area contributed by atoms with Gasteiger partial charge >= 0.3 is 18.2 Å². The van der Waals surface area contributed by atoms with Crippen molar-refractivity contribution in [3.63, 3.8) is 0 Å². The molecule has 2 aromatic rings. The summed E-state index contributed by atoms with van der Waals surface area (Å²) in [6.45, 7) is 0.820. The number of carboxylic acids is 1. The Morgan fingerprint density at radius 1 is 1.17 bits per heavy atom. The summed E-state index contributed by atoms with van der Waals surface area (Å²) >= 11 is 5.85. The Hall–Kier alpha value is -2.75. The van der Waals surface area contributed by atoms with Crippen molar-refractivity contribution in [2.45, 2.75) is 25.1 Å². The van der Waals surface area contributed by atoms with Gasteiger partial charge in [0.1, 0.15) is 5.75 Å². The second-order valence-electron chi connectivity index (χ2n) is 7.51. The molecule has 1 saturated heterocycles. The van der Waals surface area contributed by atoms with Crippen LogP contribution in [0.25, 0.3) is 0 Å². The van der Waals surface area contributed by atoms with E-state index in [0.29, 0.717) is 25.9 Å². The molecule has 11 heteroatoms. The zero-order valence-electron chi connectivity index (χ0n) is 15.5. The minimum absolute atomic E-state index is 0.0852. The molecule has 1 saturated carbocycles. The highest BCUT2D eigenvalue weighted by molar-refractivity contribution is 6.30. The third kappa shape index (κ3) is 3.96. The average Bonchev–Trinajstić information content (AvgIpc) is 3.34. The molecular formula is C19H17ClF3N3O4. The number of halogens is 4. The van der Waals surface area contributed by atoms with Crippen LogP contribution in [0.4, 0.5) is 18.0 Å². The topological polar surface area (TPSA) is 84.7 Å². The minimum atomic E-state index is -4.55. The van der Waals surface area contributed by atoms with Crippen molar-refractivity contribution in [3.8, 4) is 5.75 Å². The standard InChI is InChI=1S/C19H17ClF3N3O4/c20-12-1-2-14(19(21,22)23)16(7-12)30-13-5-10-8-25(9-11(10)6-13)18(29)26-4-3-15(24-26)17(27)28/h1-4,7,10-11,13H,5-6,8-9H2,(H,27,28). The summed E-state index contributed by atoms with van der Waals surface area (Å²) in [6.07, 6.45) is -2.63. The van der Waals surface area contributed by atoms with Gasteiger partial charge < -0.3 is 14.7 Å². The first-order valence-electron chi connectivity index (χ1n) is 9.23. The number of fused-ring (bicyclic) bond motifs is 1. The molecule has 1 aliphatic heterocycles. The van der Waals surface area contributed by atoms with Crippen molar-refractivity contribution in [2.75, 3.05) is 13.1 Å². The number of rotatable bonds is 3. The first kappa shape index (κ1) is 20.5. The maximum absolute atomic E-state index is 13.2. The lowest BCUT2D eigenvalue weighted by Gasteiger charge is -2.21. The highest BCUT2D eigenvalue weighted by atomic mass is 35.5. The lowest BCUT2D eigenvalue weighted by Crippen LogP contribution is -2.34. The predicted molar refractivity (Wildman–Crippen MR) is 98.6 cm³/mol. The number of hydrogen-bond acceptors (Lipinski definition) is 4. The van der Waals surface area contributed by atoms with Crippen LogP contribution in [0.15, 0.2) is 30.5 Å². The van der Waals surface area contributed by atoms with E-state index in [-0.39, 0.29) is 28.3 Å². The van der Waals surface area contributed by atoms with Crippen LogP contribution in [0.1, 0.15) is 28.9 Å². The molecule has 7 nitrogen and oxygen atoms in total. The molecule has 2 aliphatic rings. The van der Waals surface area contributed by atoms with Crippen molar-refractivity contribution >= 4 is 23.6 Å². The van der Waals surface area contributed by atoms with Crippen molar-refractivity contribution in [1.29, 1.82) is 0 Å². The maximum atomic E-state index is 13.2. The fourth-order valence-electron chi connectivity index (χ4n) is 4.19. The highest BCUT2D eigenvalue weighted by Crippen LogP contribution is 2.43. The molecular weight excluding hydrogens is 427 g/mol. The number of likely N-dealkylation sites (tertiary alicyclic amines) is 1. The number of carboxylic acid groups (broad SMARTS) is 1. The molecule has 1 amide bonds. The number of carbonyl (C=O) groups excluding carboxylic acids is 1. The van der Waals surface area contributed by atoms with Gasteiger partial charge in [0.15, 0.2) is 5.69 Å². The third-order valence-electron chi connectivity index (χ3n) is 5.53. The molecule has 1 N–H and O–H groups in total. The number of hydrogen-bond donors (Lipinski definition) is 1. The number of benzene rings is 1. The van der Waals surface area contributed by atoms with Crippen LogP contribution in [0.2, 0.25) is 5.02 Å². The molecule has 1 aromatic heterocycles. The fraction of sp³-hybridized carbons (Fsp3) is 0.421. The van der Waals surface area contributed by atoms with Gasteiger partial charge in [0.25, 0.3) is 0 Å². The summed E-state index contributed by atoms with van der Waals surface area (Å²) in [5.41, 5.74) is -1.09. The highest BCUT2D eigenvalue weighted by Gasteiger charge is 2.44. The van der Waals surface area contributed by atoms with E-state index in [2.05, 4.69) is 5.10 Å². The number of ether oxygens (including phenoxy) is 1. The predicted octanol–water partition coefficient (Wildman–Crippen LogP) is 4.01. The van der Waals surface area contributed by atoms with E-state index >= 15 is 0 Å². The second-order valence-corrected chi connectivity index (χ2v) is 7.94. The smallest absolute Gasteiger partial charge is 0.419 e. The van der Waals surface area contributed by atoms with Crippen molar-refractivity contribution in [1.82, 2.24) is 14.7 Å². The summed E-state index contributed by atoms with van der Waals surface area (Å²) in [4.78, 5) is 25.0. The quantitative estimate of drug-likeness (QED) is 0.774. The Morgan fingerprint density at radius 2 is 1.83 bits per heavy atom. The van der Waals surface area contributed by atoms with E-state index in [0.717, 1.165) is 10.7 Å². The van der Waals surface area contributed by atoms with Crippen molar-refractivity contribution in [3.05, 3.63) is 46.7 Å². The number of aromatic nitrogens is 2. The number of nitrogens with zero attached hydrogens (tertiary/aromatic N) is 3. The van der Waals surface area contributed by atoms with Gasteiger partial charge in [-0.25, -0.2) is 9.59 Å². The fourth-order valence-corrected chi connectivity index (χ4v) is 4.36. The van der Waals surface area contributed by atoms with E-state index in [1.54, 1.807) is 4.90 Å². The molecule has 1 aromatic carbocycles. The lowest BCUT2D eigenvalue weighted by molar-refractivity contribution is -0.139. The number of carbonyl (C=O) groups is 2. The molecule has 0 radical (unpaired) electrons. The maximum Gasteiger partial charge on any atom is 0.419 e. The van der Waals surface area contributed by atoms with Gasteiger partial charge in [-0.1, -0.05) is 11.6 Å². The summed E-state index contributed by atoms with van der Waals surface area (Å²) < 4.78 is 46.3. The first-order valence-corrected chi connectivity index (χ1v) is 9.61. The number of amides is 1. The van der Waals surface area contributed by atoms with Crippen LogP contribution in [0, 0.1) is 11.8 Å². The Balaban J connectivity index is 1.40. The Kier molecular flexibility index (Phi) is 5.13. The minimum Gasteiger partial charge on any atom is -0.490 e. The van der Waals surface area contributed by atoms with Gasteiger partial charge in [-0.05, 0) is 48.9 Å². The zero-order chi connectivity index (χ0) is 21.6. The Morgan fingerprint density at radius 3 is 2.40 bits per heavy atom. The SMILES string of the molecule is O=C(O)c1ccn(C(=O)N2CC3CC(Oc4cc(Cl)ccc4C(F)(F)F)CC3C2)n1. The van der Waals surface area contributed by atoms with Crippen LogP contribution in [0.5, 0.6) is 5.75 Å². The molecule has 30 heavy (non-hydrogen) atoms. The molecule has 2 unspecified atom stereocenters. The average molecular weight is 444 g/mol. The monoisotopic (exact) mass is 443 g/mol. The first-order chi connectivity index (χ1) is 14.1. The second kappa shape index (κ2) is 7.50.